The smallest absolute Gasteiger partial charge is 0.336 e. The Morgan fingerprint density at radius 3 is 2.78 bits per heavy atom. The normalized spacial score (nSPS) is 15.7. The van der Waals surface area contributed by atoms with E-state index in [4.69, 9.17) is 4.42 Å². The maximum atomic E-state index is 12.1. The van der Waals surface area contributed by atoms with Crippen molar-refractivity contribution in [2.75, 3.05) is 11.9 Å². The summed E-state index contributed by atoms with van der Waals surface area (Å²) >= 11 is 0. The summed E-state index contributed by atoms with van der Waals surface area (Å²) < 4.78 is 5.20. The summed E-state index contributed by atoms with van der Waals surface area (Å²) in [5, 5.41) is 7.04. The molecule has 1 aromatic carbocycles. The molecule has 2 aromatic rings. The first-order chi connectivity index (χ1) is 11.1. The molecule has 1 amide bonds. The summed E-state index contributed by atoms with van der Waals surface area (Å²) in [5.41, 5.74) is 1.63. The topological polar surface area (TPSA) is 71.3 Å². The number of aryl methyl sites for hydroxylation is 1. The SMILES string of the molecule is Cc1cc(=O)oc2cc(NC(=O)CNC3CCCCC3)ccc12. The molecule has 3 rings (SSSR count). The first-order valence-electron chi connectivity index (χ1n) is 8.19. The molecular weight excluding hydrogens is 292 g/mol. The molecular formula is C18H22N2O3. The van der Waals surface area contributed by atoms with Crippen molar-refractivity contribution in [2.24, 2.45) is 0 Å². The summed E-state index contributed by atoms with van der Waals surface area (Å²) in [7, 11) is 0. The van der Waals surface area contributed by atoms with Crippen LogP contribution in [0.5, 0.6) is 0 Å². The van der Waals surface area contributed by atoms with E-state index in [1.165, 1.54) is 25.3 Å². The number of anilines is 1. The lowest BCUT2D eigenvalue weighted by Gasteiger charge is -2.22. The van der Waals surface area contributed by atoms with Crippen molar-refractivity contribution in [3.8, 4) is 0 Å². The van der Waals surface area contributed by atoms with Crippen LogP contribution in [0.25, 0.3) is 11.0 Å². The van der Waals surface area contributed by atoms with E-state index in [0.717, 1.165) is 23.8 Å². The van der Waals surface area contributed by atoms with Gasteiger partial charge in [-0.15, -0.1) is 0 Å². The molecule has 0 spiro atoms. The zero-order valence-electron chi connectivity index (χ0n) is 13.4. The van der Waals surface area contributed by atoms with Crippen LogP contribution < -0.4 is 16.3 Å². The van der Waals surface area contributed by atoms with Crippen molar-refractivity contribution >= 4 is 22.6 Å². The lowest BCUT2D eigenvalue weighted by molar-refractivity contribution is -0.115. The van der Waals surface area contributed by atoms with Crippen LogP contribution in [0.3, 0.4) is 0 Å². The molecule has 0 saturated heterocycles. The Kier molecular flexibility index (Phi) is 4.76. The molecule has 122 valence electrons. The molecule has 1 saturated carbocycles. The van der Waals surface area contributed by atoms with Gasteiger partial charge in [-0.3, -0.25) is 4.79 Å². The van der Waals surface area contributed by atoms with E-state index in [2.05, 4.69) is 10.6 Å². The van der Waals surface area contributed by atoms with Crippen molar-refractivity contribution in [1.82, 2.24) is 5.32 Å². The van der Waals surface area contributed by atoms with Gasteiger partial charge in [0.15, 0.2) is 0 Å². The average Bonchev–Trinajstić information content (AvgIpc) is 2.53. The number of rotatable bonds is 4. The summed E-state index contributed by atoms with van der Waals surface area (Å²) in [4.78, 5) is 23.5. The quantitative estimate of drug-likeness (QED) is 0.851. The van der Waals surface area contributed by atoms with E-state index >= 15 is 0 Å². The van der Waals surface area contributed by atoms with Crippen LogP contribution in [0.1, 0.15) is 37.7 Å². The van der Waals surface area contributed by atoms with Crippen LogP contribution in [0, 0.1) is 6.92 Å². The molecule has 2 N–H and O–H groups in total. The summed E-state index contributed by atoms with van der Waals surface area (Å²) in [5.74, 6) is -0.0788. The first-order valence-corrected chi connectivity index (χ1v) is 8.19. The number of nitrogens with one attached hydrogen (secondary N) is 2. The van der Waals surface area contributed by atoms with Gasteiger partial charge in [0, 0.05) is 29.2 Å². The maximum absolute atomic E-state index is 12.1. The van der Waals surface area contributed by atoms with Gasteiger partial charge in [-0.25, -0.2) is 4.79 Å². The lowest BCUT2D eigenvalue weighted by atomic mass is 9.95. The highest BCUT2D eigenvalue weighted by Gasteiger charge is 2.14. The van der Waals surface area contributed by atoms with Gasteiger partial charge in [0.05, 0.1) is 6.54 Å². The predicted octanol–water partition coefficient (Wildman–Crippen LogP) is 2.96. The number of carbonyl (C=O) groups excluding carboxylic acids is 1. The molecule has 0 aliphatic heterocycles. The van der Waals surface area contributed by atoms with Crippen molar-refractivity contribution < 1.29 is 9.21 Å². The Morgan fingerprint density at radius 2 is 2.00 bits per heavy atom. The Balaban J connectivity index is 1.64. The second kappa shape index (κ2) is 6.96. The maximum Gasteiger partial charge on any atom is 0.336 e. The first kappa shape index (κ1) is 15.7. The van der Waals surface area contributed by atoms with E-state index in [1.54, 1.807) is 6.07 Å². The van der Waals surface area contributed by atoms with E-state index in [0.29, 0.717) is 23.9 Å². The third kappa shape index (κ3) is 3.99. The fraction of sp³-hybridized carbons (Fsp3) is 0.444. The molecule has 1 aliphatic carbocycles. The minimum absolute atomic E-state index is 0.0788. The van der Waals surface area contributed by atoms with Gasteiger partial charge < -0.3 is 15.1 Å². The third-order valence-electron chi connectivity index (χ3n) is 4.39. The Morgan fingerprint density at radius 1 is 1.22 bits per heavy atom. The zero-order valence-corrected chi connectivity index (χ0v) is 13.4. The number of benzene rings is 1. The fourth-order valence-corrected chi connectivity index (χ4v) is 3.15. The van der Waals surface area contributed by atoms with Gasteiger partial charge in [0.1, 0.15) is 5.58 Å². The zero-order chi connectivity index (χ0) is 16.2. The molecule has 1 aromatic heterocycles. The third-order valence-corrected chi connectivity index (χ3v) is 4.39. The number of hydrogen-bond donors (Lipinski definition) is 2. The highest BCUT2D eigenvalue weighted by molar-refractivity contribution is 5.94. The van der Waals surface area contributed by atoms with Gasteiger partial charge >= 0.3 is 5.63 Å². The predicted molar refractivity (Wildman–Crippen MR) is 90.7 cm³/mol. The van der Waals surface area contributed by atoms with E-state index in [1.807, 2.05) is 19.1 Å². The number of carbonyl (C=O) groups is 1. The van der Waals surface area contributed by atoms with Gasteiger partial charge in [0.25, 0.3) is 0 Å². The number of fused-ring (bicyclic) bond motifs is 1. The van der Waals surface area contributed by atoms with Gasteiger partial charge in [-0.1, -0.05) is 19.3 Å². The minimum atomic E-state index is -0.377. The van der Waals surface area contributed by atoms with Crippen molar-refractivity contribution in [3.05, 3.63) is 40.2 Å². The van der Waals surface area contributed by atoms with Crippen LogP contribution in [0.4, 0.5) is 5.69 Å². The highest BCUT2D eigenvalue weighted by atomic mass is 16.4. The summed E-state index contributed by atoms with van der Waals surface area (Å²) in [6, 6.07) is 7.30. The monoisotopic (exact) mass is 314 g/mol. The van der Waals surface area contributed by atoms with E-state index in [-0.39, 0.29) is 11.5 Å². The number of hydrogen-bond acceptors (Lipinski definition) is 4. The Bertz CT molecular complexity index is 760. The molecule has 1 fully saturated rings. The van der Waals surface area contributed by atoms with Gasteiger partial charge in [-0.05, 0) is 37.5 Å². The van der Waals surface area contributed by atoms with Gasteiger partial charge in [-0.2, -0.15) is 0 Å². The van der Waals surface area contributed by atoms with E-state index in [9.17, 15) is 9.59 Å². The van der Waals surface area contributed by atoms with Crippen LogP contribution >= 0.6 is 0 Å². The average molecular weight is 314 g/mol. The standard InChI is InChI=1S/C18H22N2O3/c1-12-9-18(22)23-16-10-14(7-8-15(12)16)20-17(21)11-19-13-5-3-2-4-6-13/h7-10,13,19H,2-6,11H2,1H3,(H,20,21). The van der Waals surface area contributed by atoms with Crippen LogP contribution in [0.15, 0.2) is 33.5 Å². The van der Waals surface area contributed by atoms with Crippen molar-refractivity contribution in [3.63, 3.8) is 0 Å². The van der Waals surface area contributed by atoms with Crippen LogP contribution in [-0.2, 0) is 4.79 Å². The molecule has 5 nitrogen and oxygen atoms in total. The van der Waals surface area contributed by atoms with E-state index < -0.39 is 0 Å². The number of amides is 1. The Hall–Kier alpha value is -2.14. The lowest BCUT2D eigenvalue weighted by Crippen LogP contribution is -2.37. The molecule has 0 unspecified atom stereocenters. The molecule has 1 aliphatic rings. The molecule has 5 heteroatoms. The highest BCUT2D eigenvalue weighted by Crippen LogP contribution is 2.21. The van der Waals surface area contributed by atoms with Crippen LogP contribution in [0.2, 0.25) is 0 Å². The molecule has 0 bridgehead atoms. The molecule has 0 radical (unpaired) electrons. The largest absolute Gasteiger partial charge is 0.423 e. The van der Waals surface area contributed by atoms with Crippen molar-refractivity contribution in [1.29, 1.82) is 0 Å². The second-order valence-electron chi connectivity index (χ2n) is 6.22. The summed E-state index contributed by atoms with van der Waals surface area (Å²) in [6.07, 6.45) is 6.07. The molecule has 0 atom stereocenters. The molecule has 23 heavy (non-hydrogen) atoms. The molecule has 1 heterocycles. The Labute approximate surface area is 135 Å². The van der Waals surface area contributed by atoms with Gasteiger partial charge in [0.2, 0.25) is 5.91 Å². The fourth-order valence-electron chi connectivity index (χ4n) is 3.15. The summed E-state index contributed by atoms with van der Waals surface area (Å²) in [6.45, 7) is 2.17. The minimum Gasteiger partial charge on any atom is -0.423 e. The van der Waals surface area contributed by atoms with Crippen LogP contribution in [-0.4, -0.2) is 18.5 Å². The van der Waals surface area contributed by atoms with Crippen molar-refractivity contribution in [2.45, 2.75) is 45.1 Å². The second-order valence-corrected chi connectivity index (χ2v) is 6.22.